The van der Waals surface area contributed by atoms with Crippen LogP contribution in [0.3, 0.4) is 0 Å². The third-order valence-electron chi connectivity index (χ3n) is 2.95. The van der Waals surface area contributed by atoms with Gasteiger partial charge in [-0.2, -0.15) is 0 Å². The van der Waals surface area contributed by atoms with Crippen LogP contribution >= 0.6 is 22.0 Å². The molecule has 1 unspecified atom stereocenters. The first kappa shape index (κ1) is 15.3. The van der Waals surface area contributed by atoms with E-state index in [2.05, 4.69) is 4.74 Å². The second-order valence-corrected chi connectivity index (χ2v) is 8.14. The molecule has 1 amide bonds. The Morgan fingerprint density at radius 3 is 2.90 bits per heavy atom. The molecule has 2 rings (SSSR count). The second kappa shape index (κ2) is 5.71. The number of ether oxygens (including phenoxy) is 1. The van der Waals surface area contributed by atoms with Crippen LogP contribution in [0.4, 0.5) is 5.69 Å². The topological polar surface area (TPSA) is 80.8 Å². The van der Waals surface area contributed by atoms with E-state index < -0.39 is 15.0 Å². The Balaban J connectivity index is 2.20. The fourth-order valence-electron chi connectivity index (χ4n) is 2.17. The summed E-state index contributed by atoms with van der Waals surface area (Å²) in [6.45, 7) is 0.228. The van der Waals surface area contributed by atoms with Gasteiger partial charge in [-0.15, -0.1) is 11.3 Å². The van der Waals surface area contributed by atoms with Crippen molar-refractivity contribution in [2.75, 3.05) is 24.3 Å². The number of anilines is 1. The van der Waals surface area contributed by atoms with Gasteiger partial charge in [-0.3, -0.25) is 4.79 Å². The van der Waals surface area contributed by atoms with Crippen molar-refractivity contribution < 1.29 is 22.7 Å². The van der Waals surface area contributed by atoms with Gasteiger partial charge in [0.15, 0.2) is 0 Å². The van der Waals surface area contributed by atoms with Crippen molar-refractivity contribution >= 4 is 48.6 Å². The lowest BCUT2D eigenvalue weighted by Crippen LogP contribution is -2.26. The molecule has 1 atom stereocenters. The van der Waals surface area contributed by atoms with E-state index in [9.17, 15) is 18.0 Å². The molecule has 110 valence electrons. The van der Waals surface area contributed by atoms with Gasteiger partial charge in [-0.25, -0.2) is 13.2 Å². The molecule has 1 saturated heterocycles. The molecule has 0 saturated carbocycles. The van der Waals surface area contributed by atoms with Gasteiger partial charge in [0.1, 0.15) is 4.88 Å². The van der Waals surface area contributed by atoms with Crippen LogP contribution in [-0.4, -0.2) is 39.7 Å². The highest BCUT2D eigenvalue weighted by atomic mass is 35.7. The molecule has 20 heavy (non-hydrogen) atoms. The molecule has 1 aromatic heterocycles. The number of carbonyl (C=O) groups is 2. The Morgan fingerprint density at radius 2 is 2.30 bits per heavy atom. The molecular weight excluding hydrogens is 326 g/mol. The number of amides is 1. The predicted octanol–water partition coefficient (Wildman–Crippen LogP) is 1.46. The van der Waals surface area contributed by atoms with E-state index in [1.165, 1.54) is 23.3 Å². The largest absolute Gasteiger partial charge is 0.465 e. The number of rotatable bonds is 4. The SMILES string of the molecule is COC(=O)c1sccc1N1CC(CS(=O)(=O)Cl)CC1=O. The van der Waals surface area contributed by atoms with Gasteiger partial charge in [0.05, 0.1) is 18.6 Å². The lowest BCUT2D eigenvalue weighted by Gasteiger charge is -2.16. The lowest BCUT2D eigenvalue weighted by atomic mass is 10.1. The smallest absolute Gasteiger partial charge is 0.350 e. The van der Waals surface area contributed by atoms with Crippen LogP contribution in [0.25, 0.3) is 0 Å². The van der Waals surface area contributed by atoms with Gasteiger partial charge >= 0.3 is 5.97 Å². The Morgan fingerprint density at radius 1 is 1.60 bits per heavy atom. The Bertz CT molecular complexity index is 639. The minimum atomic E-state index is -3.65. The van der Waals surface area contributed by atoms with Crippen LogP contribution in [0.15, 0.2) is 11.4 Å². The van der Waals surface area contributed by atoms with E-state index in [1.807, 2.05) is 0 Å². The Hall–Kier alpha value is -1.12. The third-order valence-corrected chi connectivity index (χ3v) is 5.08. The standard InChI is InChI=1S/C11H12ClNO5S2/c1-18-11(15)10-8(2-3-19-10)13-5-7(4-9(13)14)6-20(12,16)17/h2-3,7H,4-6H2,1H3. The molecule has 1 aliphatic rings. The number of carbonyl (C=O) groups excluding carboxylic acids is 2. The fourth-order valence-corrected chi connectivity index (χ4v) is 4.30. The maximum atomic E-state index is 12.0. The summed E-state index contributed by atoms with van der Waals surface area (Å²) in [7, 11) is 2.82. The summed E-state index contributed by atoms with van der Waals surface area (Å²) in [5.74, 6) is -1.36. The molecule has 0 spiro atoms. The van der Waals surface area contributed by atoms with Crippen LogP contribution in [0, 0.1) is 5.92 Å². The number of hydrogen-bond donors (Lipinski definition) is 0. The molecule has 1 fully saturated rings. The fraction of sp³-hybridized carbons (Fsp3) is 0.455. The van der Waals surface area contributed by atoms with Gasteiger partial charge in [0.25, 0.3) is 0 Å². The van der Waals surface area contributed by atoms with Gasteiger partial charge in [0.2, 0.25) is 15.0 Å². The molecule has 2 heterocycles. The number of methoxy groups -OCH3 is 1. The molecule has 1 aliphatic heterocycles. The Kier molecular flexibility index (Phi) is 4.36. The number of hydrogen-bond acceptors (Lipinski definition) is 6. The number of thiophene rings is 1. The molecule has 0 aliphatic carbocycles. The van der Waals surface area contributed by atoms with Crippen molar-refractivity contribution in [3.05, 3.63) is 16.3 Å². The van der Waals surface area contributed by atoms with E-state index >= 15 is 0 Å². The van der Waals surface area contributed by atoms with Crippen LogP contribution < -0.4 is 4.90 Å². The van der Waals surface area contributed by atoms with E-state index in [0.717, 1.165) is 0 Å². The van der Waals surface area contributed by atoms with Gasteiger partial charge in [-0.1, -0.05) is 0 Å². The molecule has 6 nitrogen and oxygen atoms in total. The summed E-state index contributed by atoms with van der Waals surface area (Å²) < 4.78 is 26.8. The molecule has 0 aromatic carbocycles. The van der Waals surface area contributed by atoms with Crippen LogP contribution in [-0.2, 0) is 18.6 Å². The maximum absolute atomic E-state index is 12.0. The monoisotopic (exact) mass is 337 g/mol. The Labute approximate surface area is 124 Å². The number of nitrogens with zero attached hydrogens (tertiary/aromatic N) is 1. The van der Waals surface area contributed by atoms with Crippen LogP contribution in [0.2, 0.25) is 0 Å². The normalized spacial score (nSPS) is 19.4. The quantitative estimate of drug-likeness (QED) is 0.613. The van der Waals surface area contributed by atoms with Gasteiger partial charge in [-0.05, 0) is 11.4 Å². The van der Waals surface area contributed by atoms with Crippen molar-refractivity contribution in [3.63, 3.8) is 0 Å². The first-order chi connectivity index (χ1) is 9.31. The molecule has 0 radical (unpaired) electrons. The minimum Gasteiger partial charge on any atom is -0.465 e. The maximum Gasteiger partial charge on any atom is 0.350 e. The lowest BCUT2D eigenvalue weighted by molar-refractivity contribution is -0.117. The summed E-state index contributed by atoms with van der Waals surface area (Å²) >= 11 is 1.17. The molecule has 0 bridgehead atoms. The van der Waals surface area contributed by atoms with Crippen LogP contribution in [0.5, 0.6) is 0 Å². The number of halogens is 1. The van der Waals surface area contributed by atoms with Crippen molar-refractivity contribution in [1.29, 1.82) is 0 Å². The summed E-state index contributed by atoms with van der Waals surface area (Å²) in [5.41, 5.74) is 0.460. The average molecular weight is 338 g/mol. The summed E-state index contributed by atoms with van der Waals surface area (Å²) in [6.07, 6.45) is 0.0996. The zero-order chi connectivity index (χ0) is 14.9. The zero-order valence-electron chi connectivity index (χ0n) is 10.5. The predicted molar refractivity (Wildman–Crippen MR) is 75.8 cm³/mol. The summed E-state index contributed by atoms with van der Waals surface area (Å²) in [6, 6.07) is 1.65. The first-order valence-corrected chi connectivity index (χ1v) is 9.06. The highest BCUT2D eigenvalue weighted by molar-refractivity contribution is 8.13. The van der Waals surface area contributed by atoms with E-state index in [4.69, 9.17) is 10.7 Å². The highest BCUT2D eigenvalue weighted by Crippen LogP contribution is 2.32. The molecular formula is C11H12ClNO5S2. The van der Waals surface area contributed by atoms with Crippen LogP contribution in [0.1, 0.15) is 16.1 Å². The molecule has 0 N–H and O–H groups in total. The van der Waals surface area contributed by atoms with Crippen molar-refractivity contribution in [3.8, 4) is 0 Å². The number of esters is 1. The second-order valence-electron chi connectivity index (χ2n) is 4.41. The van der Waals surface area contributed by atoms with E-state index in [-0.39, 0.29) is 30.5 Å². The third kappa shape index (κ3) is 3.31. The van der Waals surface area contributed by atoms with Gasteiger partial charge < -0.3 is 9.64 Å². The van der Waals surface area contributed by atoms with E-state index in [1.54, 1.807) is 11.4 Å². The van der Waals surface area contributed by atoms with Crippen molar-refractivity contribution in [1.82, 2.24) is 0 Å². The summed E-state index contributed by atoms with van der Waals surface area (Å²) in [4.78, 5) is 25.3. The zero-order valence-corrected chi connectivity index (χ0v) is 12.9. The first-order valence-electron chi connectivity index (χ1n) is 5.70. The highest BCUT2D eigenvalue weighted by Gasteiger charge is 2.35. The van der Waals surface area contributed by atoms with Gasteiger partial charge in [0, 0.05) is 29.6 Å². The molecule has 1 aromatic rings. The minimum absolute atomic E-state index is 0.0996. The van der Waals surface area contributed by atoms with Crippen molar-refractivity contribution in [2.24, 2.45) is 5.92 Å². The van der Waals surface area contributed by atoms with Crippen molar-refractivity contribution in [2.45, 2.75) is 6.42 Å². The average Bonchev–Trinajstić information content (AvgIpc) is 2.92. The van der Waals surface area contributed by atoms with E-state index in [0.29, 0.717) is 10.6 Å². The molecule has 9 heteroatoms. The summed E-state index contributed by atoms with van der Waals surface area (Å²) in [5, 5.41) is 1.68.